The third-order valence-corrected chi connectivity index (χ3v) is 8.09. The van der Waals surface area contributed by atoms with Crippen LogP contribution in [-0.2, 0) is 17.3 Å². The van der Waals surface area contributed by atoms with Crippen LogP contribution in [-0.4, -0.2) is 29.9 Å². The van der Waals surface area contributed by atoms with E-state index < -0.39 is 0 Å². The summed E-state index contributed by atoms with van der Waals surface area (Å²) in [5.41, 5.74) is 7.98. The summed E-state index contributed by atoms with van der Waals surface area (Å²) in [7, 11) is 0. The van der Waals surface area contributed by atoms with Crippen LogP contribution in [0, 0.1) is 20.8 Å². The normalized spacial score (nSPS) is 11.0. The molecule has 0 fully saturated rings. The number of benzene rings is 1. The number of rotatable bonds is 9. The lowest BCUT2D eigenvalue weighted by molar-refractivity contribution is 0.960. The van der Waals surface area contributed by atoms with E-state index in [1.165, 1.54) is 33.4 Å². The molecule has 0 aliphatic rings. The molecule has 3 aromatic heterocycles. The van der Waals surface area contributed by atoms with Crippen molar-refractivity contribution in [1.82, 2.24) is 29.9 Å². The molecule has 168 valence electrons. The van der Waals surface area contributed by atoms with Gasteiger partial charge < -0.3 is 0 Å². The van der Waals surface area contributed by atoms with E-state index in [0.717, 1.165) is 32.7 Å². The van der Waals surface area contributed by atoms with Gasteiger partial charge in [0.2, 0.25) is 0 Å². The molecule has 0 atom stereocenters. The molecule has 0 N–H and O–H groups in total. The van der Waals surface area contributed by atoms with Crippen molar-refractivity contribution in [3.05, 3.63) is 88.8 Å². The molecular formula is C24H24N6S3. The van der Waals surface area contributed by atoms with Crippen LogP contribution in [0.4, 0.5) is 0 Å². The van der Waals surface area contributed by atoms with Crippen LogP contribution >= 0.6 is 35.3 Å². The van der Waals surface area contributed by atoms with Gasteiger partial charge in [0.05, 0.1) is 0 Å². The fourth-order valence-electron chi connectivity index (χ4n) is 3.53. The van der Waals surface area contributed by atoms with Gasteiger partial charge in [0.15, 0.2) is 15.5 Å². The summed E-state index contributed by atoms with van der Waals surface area (Å²) in [6, 6.07) is 5.52. The minimum atomic E-state index is 0.791. The van der Waals surface area contributed by atoms with Gasteiger partial charge in [0, 0.05) is 54.4 Å². The predicted octanol–water partition coefficient (Wildman–Crippen LogP) is 5.86. The maximum absolute atomic E-state index is 4.38. The van der Waals surface area contributed by atoms with Gasteiger partial charge in [-0.1, -0.05) is 35.3 Å². The van der Waals surface area contributed by atoms with Crippen LogP contribution in [0.5, 0.6) is 0 Å². The molecule has 9 heteroatoms. The largest absolute Gasteiger partial charge is 0.231 e. The molecule has 0 aliphatic carbocycles. The van der Waals surface area contributed by atoms with Gasteiger partial charge in [-0.05, 0) is 72.4 Å². The summed E-state index contributed by atoms with van der Waals surface area (Å²) in [6.45, 7) is 6.67. The van der Waals surface area contributed by atoms with Gasteiger partial charge in [-0.15, -0.1) is 0 Å². The van der Waals surface area contributed by atoms with Crippen molar-refractivity contribution in [3.63, 3.8) is 0 Å². The molecule has 0 bridgehead atoms. The number of aromatic nitrogens is 6. The van der Waals surface area contributed by atoms with Crippen molar-refractivity contribution in [1.29, 1.82) is 0 Å². The highest BCUT2D eigenvalue weighted by Crippen LogP contribution is 2.36. The molecule has 0 saturated heterocycles. The second-order valence-corrected chi connectivity index (χ2v) is 10.1. The Bertz CT molecular complexity index is 1020. The molecule has 0 aliphatic heterocycles. The topological polar surface area (TPSA) is 77.3 Å². The van der Waals surface area contributed by atoms with Crippen molar-refractivity contribution in [2.24, 2.45) is 0 Å². The Morgan fingerprint density at radius 3 is 0.939 bits per heavy atom. The van der Waals surface area contributed by atoms with Crippen LogP contribution in [0.3, 0.4) is 0 Å². The Balaban J connectivity index is 1.65. The van der Waals surface area contributed by atoms with E-state index >= 15 is 0 Å². The van der Waals surface area contributed by atoms with E-state index in [-0.39, 0.29) is 0 Å². The van der Waals surface area contributed by atoms with Gasteiger partial charge in [-0.25, -0.2) is 29.9 Å². The summed E-state index contributed by atoms with van der Waals surface area (Å²) < 4.78 is 0. The minimum absolute atomic E-state index is 0.791. The van der Waals surface area contributed by atoms with Crippen molar-refractivity contribution in [2.45, 2.75) is 53.5 Å². The monoisotopic (exact) mass is 492 g/mol. The summed E-state index contributed by atoms with van der Waals surface area (Å²) >= 11 is 5.01. The summed E-state index contributed by atoms with van der Waals surface area (Å²) in [5.74, 6) is 2.46. The van der Waals surface area contributed by atoms with Crippen molar-refractivity contribution >= 4 is 35.3 Å². The average molecular weight is 493 g/mol. The highest BCUT2D eigenvalue weighted by atomic mass is 32.2. The Labute approximate surface area is 206 Å². The zero-order valence-corrected chi connectivity index (χ0v) is 21.2. The molecule has 0 saturated carbocycles. The lowest BCUT2D eigenvalue weighted by Crippen LogP contribution is -2.07. The maximum Gasteiger partial charge on any atom is 0.187 e. The zero-order chi connectivity index (χ0) is 23.0. The molecule has 3 heterocycles. The van der Waals surface area contributed by atoms with Crippen molar-refractivity contribution in [2.75, 3.05) is 0 Å². The Hall–Kier alpha value is -2.49. The zero-order valence-electron chi connectivity index (χ0n) is 18.7. The first kappa shape index (κ1) is 23.7. The highest BCUT2D eigenvalue weighted by molar-refractivity contribution is 7.98. The second kappa shape index (κ2) is 11.6. The van der Waals surface area contributed by atoms with E-state index in [1.54, 1.807) is 72.5 Å². The minimum Gasteiger partial charge on any atom is -0.231 e. The second-order valence-electron chi connectivity index (χ2n) is 7.27. The standard InChI is InChI=1S/C24H24N6S3/c1-16-19(13-31-22-25-7-4-8-26-22)17(2)21(15-33-24-29-11-6-12-30-24)18(3)20(16)14-32-23-27-9-5-10-28-23/h4-12H,13-15H2,1-3H3. The number of hydrogen-bond acceptors (Lipinski definition) is 9. The molecular weight excluding hydrogens is 469 g/mol. The Morgan fingerprint density at radius 2 is 0.697 bits per heavy atom. The van der Waals surface area contributed by atoms with Crippen LogP contribution in [0.25, 0.3) is 0 Å². The number of thioether (sulfide) groups is 3. The fraction of sp³-hybridized carbons (Fsp3) is 0.250. The molecule has 0 radical (unpaired) electrons. The quantitative estimate of drug-likeness (QED) is 0.211. The van der Waals surface area contributed by atoms with Crippen molar-refractivity contribution < 1.29 is 0 Å². The van der Waals surface area contributed by atoms with E-state index in [9.17, 15) is 0 Å². The lowest BCUT2D eigenvalue weighted by atomic mass is 9.90. The fourth-order valence-corrected chi connectivity index (χ4v) is 6.46. The molecule has 6 nitrogen and oxygen atoms in total. The molecule has 4 rings (SSSR count). The van der Waals surface area contributed by atoms with Gasteiger partial charge in [0.25, 0.3) is 0 Å². The Kier molecular flexibility index (Phi) is 8.30. The third kappa shape index (κ3) is 6.10. The first-order valence-electron chi connectivity index (χ1n) is 10.4. The number of hydrogen-bond donors (Lipinski definition) is 0. The molecule has 0 unspecified atom stereocenters. The van der Waals surface area contributed by atoms with E-state index in [0.29, 0.717) is 0 Å². The summed E-state index contributed by atoms with van der Waals surface area (Å²) in [6.07, 6.45) is 10.7. The van der Waals surface area contributed by atoms with E-state index in [4.69, 9.17) is 0 Å². The highest BCUT2D eigenvalue weighted by Gasteiger charge is 2.18. The van der Waals surface area contributed by atoms with Crippen LogP contribution in [0.15, 0.2) is 70.8 Å². The predicted molar refractivity (Wildman–Crippen MR) is 135 cm³/mol. The van der Waals surface area contributed by atoms with Crippen LogP contribution < -0.4 is 0 Å². The lowest BCUT2D eigenvalue weighted by Gasteiger charge is -2.22. The first-order valence-corrected chi connectivity index (χ1v) is 13.4. The first-order chi connectivity index (χ1) is 16.1. The van der Waals surface area contributed by atoms with Gasteiger partial charge in [-0.3, -0.25) is 0 Å². The van der Waals surface area contributed by atoms with Crippen LogP contribution in [0.2, 0.25) is 0 Å². The molecule has 0 amide bonds. The van der Waals surface area contributed by atoms with Gasteiger partial charge >= 0.3 is 0 Å². The summed E-state index contributed by atoms with van der Waals surface area (Å²) in [4.78, 5) is 26.3. The SMILES string of the molecule is Cc1c(CSc2ncccn2)c(C)c(CSc2ncccn2)c(C)c1CSc1ncccn1. The average Bonchev–Trinajstić information content (AvgIpc) is 2.86. The van der Waals surface area contributed by atoms with E-state index in [2.05, 4.69) is 50.7 Å². The molecule has 4 aromatic rings. The smallest absolute Gasteiger partial charge is 0.187 e. The maximum atomic E-state index is 4.38. The van der Waals surface area contributed by atoms with Crippen molar-refractivity contribution in [3.8, 4) is 0 Å². The van der Waals surface area contributed by atoms with Gasteiger partial charge in [-0.2, -0.15) is 0 Å². The molecule has 1 aromatic carbocycles. The number of nitrogens with zero attached hydrogens (tertiary/aromatic N) is 6. The summed E-state index contributed by atoms with van der Waals surface area (Å²) in [5, 5.41) is 2.37. The van der Waals surface area contributed by atoms with Crippen LogP contribution in [0.1, 0.15) is 33.4 Å². The Morgan fingerprint density at radius 1 is 0.455 bits per heavy atom. The third-order valence-electron chi connectivity index (χ3n) is 5.38. The van der Waals surface area contributed by atoms with E-state index in [1.807, 2.05) is 18.2 Å². The van der Waals surface area contributed by atoms with Gasteiger partial charge in [0.1, 0.15) is 0 Å². The molecule has 0 spiro atoms. The molecule has 33 heavy (non-hydrogen) atoms.